The number of benzene rings is 1. The van der Waals surface area contributed by atoms with Crippen LogP contribution in [0.15, 0.2) is 23.2 Å². The molecule has 1 N–H and O–H groups in total. The number of aliphatic imine (C=N–C) groups is 1. The van der Waals surface area contributed by atoms with Crippen LogP contribution in [0.4, 0.5) is 0 Å². The molecular formula is C20H33N3O3. The van der Waals surface area contributed by atoms with Gasteiger partial charge in [-0.3, -0.25) is 4.99 Å². The summed E-state index contributed by atoms with van der Waals surface area (Å²) in [7, 11) is 5.26. The van der Waals surface area contributed by atoms with Crippen molar-refractivity contribution in [3.8, 4) is 5.75 Å². The van der Waals surface area contributed by atoms with Gasteiger partial charge >= 0.3 is 0 Å². The number of methoxy groups -OCH3 is 2. The van der Waals surface area contributed by atoms with Gasteiger partial charge in [0.05, 0.1) is 26.9 Å². The fourth-order valence-electron chi connectivity index (χ4n) is 3.22. The van der Waals surface area contributed by atoms with E-state index in [9.17, 15) is 0 Å². The van der Waals surface area contributed by atoms with Crippen LogP contribution in [0.3, 0.4) is 0 Å². The molecule has 1 unspecified atom stereocenters. The lowest BCUT2D eigenvalue weighted by Gasteiger charge is -2.22. The number of likely N-dealkylation sites (tertiary alicyclic amines) is 1. The third kappa shape index (κ3) is 6.18. The van der Waals surface area contributed by atoms with E-state index in [1.54, 1.807) is 14.2 Å². The number of nitrogens with zero attached hydrogens (tertiary/aromatic N) is 2. The van der Waals surface area contributed by atoms with Gasteiger partial charge in [0.15, 0.2) is 5.96 Å². The lowest BCUT2D eigenvalue weighted by molar-refractivity contribution is 0.0536. The largest absolute Gasteiger partial charge is 0.496 e. The zero-order valence-electron chi connectivity index (χ0n) is 16.6. The predicted octanol–water partition coefficient (Wildman–Crippen LogP) is 2.11. The first-order valence-electron chi connectivity index (χ1n) is 9.33. The first kappa shape index (κ1) is 20.5. The summed E-state index contributed by atoms with van der Waals surface area (Å²) in [6.45, 7) is 7.04. The number of rotatable bonds is 9. The molecule has 1 atom stereocenters. The van der Waals surface area contributed by atoms with E-state index >= 15 is 0 Å². The molecule has 1 aliphatic rings. The molecule has 0 amide bonds. The zero-order valence-corrected chi connectivity index (χ0v) is 16.6. The van der Waals surface area contributed by atoms with Crippen molar-refractivity contribution < 1.29 is 14.2 Å². The van der Waals surface area contributed by atoms with Crippen LogP contribution in [-0.2, 0) is 15.9 Å². The van der Waals surface area contributed by atoms with Gasteiger partial charge in [-0.1, -0.05) is 12.1 Å². The Bertz CT molecular complexity index is 577. The van der Waals surface area contributed by atoms with Gasteiger partial charge in [0.1, 0.15) is 5.75 Å². The van der Waals surface area contributed by atoms with E-state index in [4.69, 9.17) is 14.2 Å². The fourth-order valence-corrected chi connectivity index (χ4v) is 3.22. The second-order valence-corrected chi connectivity index (χ2v) is 6.70. The topological polar surface area (TPSA) is 55.3 Å². The van der Waals surface area contributed by atoms with Crippen LogP contribution in [0.2, 0.25) is 0 Å². The molecule has 1 aromatic rings. The minimum Gasteiger partial charge on any atom is -0.496 e. The molecule has 1 saturated heterocycles. The molecule has 1 aliphatic heterocycles. The van der Waals surface area contributed by atoms with Crippen molar-refractivity contribution in [1.29, 1.82) is 0 Å². The number of aryl methyl sites for hydroxylation is 1. The van der Waals surface area contributed by atoms with Crippen molar-refractivity contribution in [3.63, 3.8) is 0 Å². The molecule has 146 valence electrons. The van der Waals surface area contributed by atoms with Gasteiger partial charge in [-0.15, -0.1) is 0 Å². The highest BCUT2D eigenvalue weighted by Gasteiger charge is 2.24. The average Bonchev–Trinajstić information content (AvgIpc) is 3.12. The van der Waals surface area contributed by atoms with Crippen molar-refractivity contribution in [3.05, 3.63) is 29.3 Å². The van der Waals surface area contributed by atoms with Crippen LogP contribution in [0.25, 0.3) is 0 Å². The van der Waals surface area contributed by atoms with Gasteiger partial charge in [0.2, 0.25) is 0 Å². The number of nitrogens with one attached hydrogen (secondary N) is 1. The van der Waals surface area contributed by atoms with Crippen LogP contribution < -0.4 is 10.1 Å². The highest BCUT2D eigenvalue weighted by molar-refractivity contribution is 5.80. The number of guanidine groups is 1. The zero-order chi connectivity index (χ0) is 18.8. The summed E-state index contributed by atoms with van der Waals surface area (Å²) in [5.41, 5.74) is 2.43. The summed E-state index contributed by atoms with van der Waals surface area (Å²) >= 11 is 0. The van der Waals surface area contributed by atoms with E-state index in [0.29, 0.717) is 19.1 Å². The normalized spacial score (nSPS) is 17.6. The number of hydrogen-bond acceptors (Lipinski definition) is 4. The molecule has 0 spiro atoms. The SMILES string of the molecule is CN=C(NCCc1ccc(C)c(OC)c1)N1CCC(COCCOC)C1. The summed E-state index contributed by atoms with van der Waals surface area (Å²) < 4.78 is 16.1. The minimum atomic E-state index is 0.562. The van der Waals surface area contributed by atoms with Crippen molar-refractivity contribution >= 4 is 5.96 Å². The van der Waals surface area contributed by atoms with Crippen molar-refractivity contribution in [1.82, 2.24) is 10.2 Å². The Morgan fingerprint density at radius 1 is 1.31 bits per heavy atom. The van der Waals surface area contributed by atoms with Crippen LogP contribution >= 0.6 is 0 Å². The maximum absolute atomic E-state index is 5.67. The summed E-state index contributed by atoms with van der Waals surface area (Å²) in [5.74, 6) is 2.48. The van der Waals surface area contributed by atoms with Gasteiger partial charge in [-0.25, -0.2) is 0 Å². The molecule has 0 aromatic heterocycles. The Labute approximate surface area is 157 Å². The van der Waals surface area contributed by atoms with E-state index in [1.165, 1.54) is 5.56 Å². The Balaban J connectivity index is 1.74. The maximum atomic E-state index is 5.67. The molecule has 1 aromatic carbocycles. The highest BCUT2D eigenvalue weighted by atomic mass is 16.5. The van der Waals surface area contributed by atoms with E-state index in [0.717, 1.165) is 56.4 Å². The predicted molar refractivity (Wildman–Crippen MR) is 105 cm³/mol. The first-order chi connectivity index (χ1) is 12.7. The van der Waals surface area contributed by atoms with Gasteiger partial charge in [0.25, 0.3) is 0 Å². The summed E-state index contributed by atoms with van der Waals surface area (Å²) in [5, 5.41) is 3.48. The molecule has 6 nitrogen and oxygen atoms in total. The van der Waals surface area contributed by atoms with Crippen LogP contribution in [0.1, 0.15) is 17.5 Å². The molecule has 26 heavy (non-hydrogen) atoms. The Morgan fingerprint density at radius 3 is 2.88 bits per heavy atom. The highest BCUT2D eigenvalue weighted by Crippen LogP contribution is 2.19. The number of ether oxygens (including phenoxy) is 3. The molecule has 2 rings (SSSR count). The Morgan fingerprint density at radius 2 is 2.15 bits per heavy atom. The number of hydrogen-bond donors (Lipinski definition) is 1. The van der Waals surface area contributed by atoms with E-state index in [2.05, 4.69) is 40.3 Å². The molecule has 0 radical (unpaired) electrons. The molecule has 0 saturated carbocycles. The van der Waals surface area contributed by atoms with E-state index < -0.39 is 0 Å². The minimum absolute atomic E-state index is 0.562. The van der Waals surface area contributed by atoms with Crippen LogP contribution in [0.5, 0.6) is 5.75 Å². The smallest absolute Gasteiger partial charge is 0.193 e. The van der Waals surface area contributed by atoms with Crippen LogP contribution in [0, 0.1) is 12.8 Å². The lowest BCUT2D eigenvalue weighted by Crippen LogP contribution is -2.41. The van der Waals surface area contributed by atoms with Crippen LogP contribution in [-0.4, -0.2) is 71.6 Å². The summed E-state index contributed by atoms with van der Waals surface area (Å²) in [6, 6.07) is 6.38. The third-order valence-corrected chi connectivity index (χ3v) is 4.75. The van der Waals surface area contributed by atoms with Gasteiger partial charge in [-0.05, 0) is 37.0 Å². The van der Waals surface area contributed by atoms with Gasteiger partial charge in [0, 0.05) is 39.7 Å². The maximum Gasteiger partial charge on any atom is 0.193 e. The molecular weight excluding hydrogens is 330 g/mol. The lowest BCUT2D eigenvalue weighted by atomic mass is 10.1. The fraction of sp³-hybridized carbons (Fsp3) is 0.650. The molecule has 0 bridgehead atoms. The van der Waals surface area contributed by atoms with E-state index in [-0.39, 0.29) is 0 Å². The van der Waals surface area contributed by atoms with E-state index in [1.807, 2.05) is 7.05 Å². The summed E-state index contributed by atoms with van der Waals surface area (Å²) in [6.07, 6.45) is 2.08. The standard InChI is InChI=1S/C20H33N3O3/c1-16-5-6-17(13-19(16)25-4)7-9-22-20(21-2)23-10-8-18(14-23)15-26-12-11-24-3/h5-6,13,18H,7-12,14-15H2,1-4H3,(H,21,22). The van der Waals surface area contributed by atoms with Gasteiger partial charge in [-0.2, -0.15) is 0 Å². The van der Waals surface area contributed by atoms with Crippen molar-refractivity contribution in [2.75, 3.05) is 60.7 Å². The van der Waals surface area contributed by atoms with Crippen molar-refractivity contribution in [2.45, 2.75) is 19.8 Å². The van der Waals surface area contributed by atoms with Crippen molar-refractivity contribution in [2.24, 2.45) is 10.9 Å². The first-order valence-corrected chi connectivity index (χ1v) is 9.33. The average molecular weight is 364 g/mol. The second-order valence-electron chi connectivity index (χ2n) is 6.70. The third-order valence-electron chi connectivity index (χ3n) is 4.75. The summed E-state index contributed by atoms with van der Waals surface area (Å²) in [4.78, 5) is 6.76. The monoisotopic (exact) mass is 363 g/mol. The molecule has 6 heteroatoms. The Kier molecular flexibility index (Phi) is 8.71. The Hall–Kier alpha value is -1.79. The van der Waals surface area contributed by atoms with Gasteiger partial charge < -0.3 is 24.4 Å². The molecule has 0 aliphatic carbocycles. The molecule has 1 fully saturated rings. The quantitative estimate of drug-likeness (QED) is 0.414. The molecule has 1 heterocycles. The second kappa shape index (κ2) is 11.0.